The number of halogens is 3. The van der Waals surface area contributed by atoms with E-state index in [9.17, 15) is 9.90 Å². The number of aromatic nitrogens is 1. The van der Waals surface area contributed by atoms with E-state index in [2.05, 4.69) is 32.9 Å². The van der Waals surface area contributed by atoms with Gasteiger partial charge in [0.05, 0.1) is 11.3 Å². The molecule has 0 aliphatic heterocycles. The van der Waals surface area contributed by atoms with Gasteiger partial charge < -0.3 is 10.4 Å². The first-order chi connectivity index (χ1) is 9.38. The Labute approximate surface area is 139 Å². The maximum atomic E-state index is 12.2. The molecule has 0 radical (unpaired) electrons. The molecule has 0 aliphatic rings. The Morgan fingerprint density at radius 1 is 1.35 bits per heavy atom. The van der Waals surface area contributed by atoms with E-state index in [0.29, 0.717) is 11.3 Å². The molecule has 0 spiro atoms. The lowest BCUT2D eigenvalue weighted by molar-refractivity contribution is 0.102. The van der Waals surface area contributed by atoms with E-state index >= 15 is 0 Å². The third kappa shape index (κ3) is 3.34. The van der Waals surface area contributed by atoms with Gasteiger partial charge in [-0.15, -0.1) is 0 Å². The number of nitrogens with zero attached hydrogens (tertiary/aromatic N) is 1. The summed E-state index contributed by atoms with van der Waals surface area (Å²) in [7, 11) is 0. The van der Waals surface area contributed by atoms with Gasteiger partial charge in [-0.2, -0.15) is 0 Å². The van der Waals surface area contributed by atoms with Gasteiger partial charge in [0.1, 0.15) is 10.9 Å². The van der Waals surface area contributed by atoms with Crippen LogP contribution in [0.2, 0.25) is 10.3 Å². The zero-order valence-electron chi connectivity index (χ0n) is 10.2. The molecule has 1 heterocycles. The van der Waals surface area contributed by atoms with Crippen molar-refractivity contribution in [2.45, 2.75) is 6.92 Å². The van der Waals surface area contributed by atoms with E-state index in [4.69, 9.17) is 23.2 Å². The molecule has 4 nitrogen and oxygen atoms in total. The Morgan fingerprint density at radius 2 is 2.05 bits per heavy atom. The summed E-state index contributed by atoms with van der Waals surface area (Å²) in [6.45, 7) is 1.75. The standard InChI is InChI=1S/C13H9Cl2IN2O2/c1-6-4-10(14)17-12(15)11(6)18-13(20)8-5-7(16)2-3-9(8)19/h2-5,19H,1H3,(H,18,20). The van der Waals surface area contributed by atoms with Gasteiger partial charge in [0, 0.05) is 3.57 Å². The van der Waals surface area contributed by atoms with Gasteiger partial charge in [0.2, 0.25) is 0 Å². The molecule has 2 rings (SSSR count). The van der Waals surface area contributed by atoms with Gasteiger partial charge in [-0.3, -0.25) is 4.79 Å². The molecule has 104 valence electrons. The first kappa shape index (κ1) is 15.3. The number of aromatic hydroxyl groups is 1. The maximum Gasteiger partial charge on any atom is 0.259 e. The van der Waals surface area contributed by atoms with E-state index < -0.39 is 5.91 Å². The van der Waals surface area contributed by atoms with Crippen LogP contribution in [0.4, 0.5) is 5.69 Å². The van der Waals surface area contributed by atoms with Crippen LogP contribution in [0.1, 0.15) is 15.9 Å². The number of carbonyl (C=O) groups is 1. The monoisotopic (exact) mass is 422 g/mol. The number of pyridine rings is 1. The molecule has 0 saturated carbocycles. The van der Waals surface area contributed by atoms with Crippen molar-refractivity contribution in [3.63, 3.8) is 0 Å². The lowest BCUT2D eigenvalue weighted by Gasteiger charge is -2.11. The molecule has 2 aromatic rings. The molecule has 0 fully saturated rings. The number of amides is 1. The predicted octanol–water partition coefficient (Wildman–Crippen LogP) is 4.26. The van der Waals surface area contributed by atoms with Crippen LogP contribution in [-0.2, 0) is 0 Å². The Kier molecular flexibility index (Phi) is 4.72. The number of benzene rings is 1. The van der Waals surface area contributed by atoms with Crippen molar-refractivity contribution in [2.24, 2.45) is 0 Å². The quantitative estimate of drug-likeness (QED) is 0.561. The highest BCUT2D eigenvalue weighted by Gasteiger charge is 2.15. The number of carbonyl (C=O) groups excluding carboxylic acids is 1. The normalized spacial score (nSPS) is 10.4. The molecular formula is C13H9Cl2IN2O2. The Hall–Kier alpha value is -1.05. The first-order valence-electron chi connectivity index (χ1n) is 5.51. The highest BCUT2D eigenvalue weighted by Crippen LogP contribution is 2.28. The van der Waals surface area contributed by atoms with Crippen molar-refractivity contribution >= 4 is 57.4 Å². The summed E-state index contributed by atoms with van der Waals surface area (Å²) in [6, 6.07) is 6.34. The SMILES string of the molecule is Cc1cc(Cl)nc(Cl)c1NC(=O)c1cc(I)ccc1O. The number of phenolic OH excluding ortho intramolecular Hbond substituents is 1. The van der Waals surface area contributed by atoms with Crippen LogP contribution in [0.15, 0.2) is 24.3 Å². The summed E-state index contributed by atoms with van der Waals surface area (Å²) in [4.78, 5) is 16.1. The van der Waals surface area contributed by atoms with Gasteiger partial charge in [-0.25, -0.2) is 4.98 Å². The number of rotatable bonds is 2. The molecular weight excluding hydrogens is 414 g/mol. The van der Waals surface area contributed by atoms with Crippen molar-refractivity contribution in [3.05, 3.63) is 49.3 Å². The topological polar surface area (TPSA) is 62.2 Å². The third-order valence-corrected chi connectivity index (χ3v) is 3.72. The van der Waals surface area contributed by atoms with Gasteiger partial charge >= 0.3 is 0 Å². The van der Waals surface area contributed by atoms with Crippen molar-refractivity contribution in [1.29, 1.82) is 0 Å². The van der Waals surface area contributed by atoms with Crippen LogP contribution in [0, 0.1) is 10.5 Å². The summed E-state index contributed by atoms with van der Waals surface area (Å²) in [6.07, 6.45) is 0. The van der Waals surface area contributed by atoms with Crippen molar-refractivity contribution in [1.82, 2.24) is 4.98 Å². The number of anilines is 1. The number of phenols is 1. The largest absolute Gasteiger partial charge is 0.507 e. The fourth-order valence-corrected chi connectivity index (χ4v) is 2.69. The molecule has 7 heteroatoms. The predicted molar refractivity (Wildman–Crippen MR) is 87.8 cm³/mol. The first-order valence-corrected chi connectivity index (χ1v) is 7.34. The van der Waals surface area contributed by atoms with Gasteiger partial charge in [0.15, 0.2) is 5.15 Å². The summed E-state index contributed by atoms with van der Waals surface area (Å²) in [5.74, 6) is -0.561. The average molecular weight is 423 g/mol. The zero-order valence-corrected chi connectivity index (χ0v) is 13.9. The van der Waals surface area contributed by atoms with Gasteiger partial charge in [0.25, 0.3) is 5.91 Å². The second-order valence-electron chi connectivity index (χ2n) is 4.04. The number of nitrogens with one attached hydrogen (secondary N) is 1. The van der Waals surface area contributed by atoms with Crippen LogP contribution in [-0.4, -0.2) is 16.0 Å². The van der Waals surface area contributed by atoms with Gasteiger partial charge in [-0.1, -0.05) is 23.2 Å². The zero-order chi connectivity index (χ0) is 14.9. The summed E-state index contributed by atoms with van der Waals surface area (Å²) in [5, 5.41) is 12.7. The molecule has 1 amide bonds. The lowest BCUT2D eigenvalue weighted by atomic mass is 10.1. The second-order valence-corrected chi connectivity index (χ2v) is 6.03. The fraction of sp³-hybridized carbons (Fsp3) is 0.0769. The number of hydrogen-bond donors (Lipinski definition) is 2. The van der Waals surface area contributed by atoms with E-state index in [1.807, 2.05) is 0 Å². The van der Waals surface area contributed by atoms with E-state index in [1.165, 1.54) is 6.07 Å². The van der Waals surface area contributed by atoms with E-state index in [0.717, 1.165) is 3.57 Å². The molecule has 1 aromatic heterocycles. The second kappa shape index (κ2) is 6.15. The molecule has 0 aliphatic carbocycles. The van der Waals surface area contributed by atoms with Gasteiger partial charge in [-0.05, 0) is 59.3 Å². The van der Waals surface area contributed by atoms with Crippen molar-refractivity contribution in [3.8, 4) is 5.75 Å². The van der Waals surface area contributed by atoms with Crippen molar-refractivity contribution < 1.29 is 9.90 Å². The van der Waals surface area contributed by atoms with Crippen LogP contribution in [0.25, 0.3) is 0 Å². The highest BCUT2D eigenvalue weighted by atomic mass is 127. The average Bonchev–Trinajstić information content (AvgIpc) is 2.36. The van der Waals surface area contributed by atoms with E-state index in [1.54, 1.807) is 25.1 Å². The Morgan fingerprint density at radius 3 is 2.70 bits per heavy atom. The fourth-order valence-electron chi connectivity index (χ4n) is 1.62. The highest BCUT2D eigenvalue weighted by molar-refractivity contribution is 14.1. The number of hydrogen-bond acceptors (Lipinski definition) is 3. The summed E-state index contributed by atoms with van der Waals surface area (Å²) >= 11 is 13.8. The Bertz CT molecular complexity index is 669. The minimum Gasteiger partial charge on any atom is -0.507 e. The molecule has 1 aromatic carbocycles. The molecule has 0 saturated heterocycles. The molecule has 0 bridgehead atoms. The molecule has 2 N–H and O–H groups in total. The van der Waals surface area contributed by atoms with E-state index in [-0.39, 0.29) is 21.6 Å². The minimum atomic E-state index is -0.463. The summed E-state index contributed by atoms with van der Waals surface area (Å²) < 4.78 is 0.836. The lowest BCUT2D eigenvalue weighted by Crippen LogP contribution is -2.14. The Balaban J connectivity index is 2.35. The number of aryl methyl sites for hydroxylation is 1. The van der Waals surface area contributed by atoms with Crippen LogP contribution < -0.4 is 5.32 Å². The molecule has 20 heavy (non-hydrogen) atoms. The third-order valence-electron chi connectivity index (χ3n) is 2.58. The van der Waals surface area contributed by atoms with Crippen LogP contribution in [0.5, 0.6) is 5.75 Å². The smallest absolute Gasteiger partial charge is 0.259 e. The summed E-state index contributed by atoms with van der Waals surface area (Å²) in [5.41, 5.74) is 1.23. The van der Waals surface area contributed by atoms with Crippen LogP contribution in [0.3, 0.4) is 0 Å². The molecule has 0 atom stereocenters. The maximum absolute atomic E-state index is 12.2. The molecule has 0 unspecified atom stereocenters. The van der Waals surface area contributed by atoms with Crippen LogP contribution >= 0.6 is 45.8 Å². The van der Waals surface area contributed by atoms with Crippen molar-refractivity contribution in [2.75, 3.05) is 5.32 Å². The minimum absolute atomic E-state index is 0.0985.